The van der Waals surface area contributed by atoms with Crippen LogP contribution in [0, 0.1) is 6.92 Å². The van der Waals surface area contributed by atoms with E-state index in [1.165, 1.54) is 35.6 Å². The average molecular weight is 407 g/mol. The minimum Gasteiger partial charge on any atom is -0.497 e. The van der Waals surface area contributed by atoms with Crippen LogP contribution in [-0.2, 0) is 16.0 Å². The van der Waals surface area contributed by atoms with Gasteiger partial charge < -0.3 is 19.8 Å². The summed E-state index contributed by atoms with van der Waals surface area (Å²) in [5, 5.41) is 4.44. The van der Waals surface area contributed by atoms with Gasteiger partial charge in [-0.3, -0.25) is 9.59 Å². The Kier molecular flexibility index (Phi) is 5.46. The summed E-state index contributed by atoms with van der Waals surface area (Å²) < 4.78 is 10.5. The number of imide groups is 1. The molecule has 156 valence electrons. The number of fused-ring (bicyclic) bond motifs is 1. The number of carbonyl (C=O) groups excluding carboxylic acids is 2. The Morgan fingerprint density at radius 2 is 1.83 bits per heavy atom. The standard InChI is InChI=1S/C23H25N3O4/c1-14-4-5-20-19(8-14)15(13-25-20)6-7-24-21-12-22(27)26(23(21)28)16-9-17(29-2)11-18(10-16)30-3/h4-5,8-11,13,21,24-25H,6-7,12H2,1-3H3. The lowest BCUT2D eigenvalue weighted by atomic mass is 10.1. The van der Waals surface area contributed by atoms with Crippen molar-refractivity contribution in [3.05, 3.63) is 53.7 Å². The molecule has 2 aromatic carbocycles. The van der Waals surface area contributed by atoms with Gasteiger partial charge in [0.1, 0.15) is 11.5 Å². The zero-order valence-electron chi connectivity index (χ0n) is 17.3. The largest absolute Gasteiger partial charge is 0.497 e. The van der Waals surface area contributed by atoms with Crippen molar-refractivity contribution >= 4 is 28.4 Å². The minimum atomic E-state index is -0.540. The van der Waals surface area contributed by atoms with Crippen molar-refractivity contribution in [3.63, 3.8) is 0 Å². The third kappa shape index (κ3) is 3.76. The number of aryl methyl sites for hydroxylation is 1. The van der Waals surface area contributed by atoms with Gasteiger partial charge in [-0.1, -0.05) is 11.6 Å². The van der Waals surface area contributed by atoms with Crippen LogP contribution in [0.5, 0.6) is 11.5 Å². The summed E-state index contributed by atoms with van der Waals surface area (Å²) in [6, 6.07) is 10.8. The quantitative estimate of drug-likeness (QED) is 0.589. The van der Waals surface area contributed by atoms with E-state index >= 15 is 0 Å². The summed E-state index contributed by atoms with van der Waals surface area (Å²) in [4.78, 5) is 30.0. The molecule has 0 aliphatic carbocycles. The van der Waals surface area contributed by atoms with E-state index in [1.807, 2.05) is 6.20 Å². The lowest BCUT2D eigenvalue weighted by Crippen LogP contribution is -2.39. The summed E-state index contributed by atoms with van der Waals surface area (Å²) in [7, 11) is 3.06. The lowest BCUT2D eigenvalue weighted by molar-refractivity contribution is -0.121. The summed E-state index contributed by atoms with van der Waals surface area (Å²) >= 11 is 0. The topological polar surface area (TPSA) is 83.7 Å². The number of hydrogen-bond donors (Lipinski definition) is 2. The third-order valence-electron chi connectivity index (χ3n) is 5.45. The summed E-state index contributed by atoms with van der Waals surface area (Å²) in [6.45, 7) is 2.67. The summed E-state index contributed by atoms with van der Waals surface area (Å²) in [5.41, 5.74) is 3.95. The maximum atomic E-state index is 12.9. The van der Waals surface area contributed by atoms with E-state index < -0.39 is 6.04 Å². The highest BCUT2D eigenvalue weighted by Gasteiger charge is 2.39. The van der Waals surface area contributed by atoms with Gasteiger partial charge in [0.2, 0.25) is 5.91 Å². The van der Waals surface area contributed by atoms with E-state index in [0.29, 0.717) is 23.7 Å². The van der Waals surface area contributed by atoms with Gasteiger partial charge in [0, 0.05) is 41.8 Å². The highest BCUT2D eigenvalue weighted by Crippen LogP contribution is 2.31. The predicted molar refractivity (Wildman–Crippen MR) is 115 cm³/mol. The molecule has 1 saturated heterocycles. The number of anilines is 1. The Hall–Kier alpha value is -3.32. The number of H-pyrrole nitrogens is 1. The first-order valence-corrected chi connectivity index (χ1v) is 9.90. The van der Waals surface area contributed by atoms with Crippen molar-refractivity contribution in [1.82, 2.24) is 10.3 Å². The van der Waals surface area contributed by atoms with E-state index in [1.54, 1.807) is 18.2 Å². The van der Waals surface area contributed by atoms with Crippen LogP contribution in [0.25, 0.3) is 10.9 Å². The summed E-state index contributed by atoms with van der Waals surface area (Å²) in [6.07, 6.45) is 2.89. The molecular weight excluding hydrogens is 382 g/mol. The van der Waals surface area contributed by atoms with Crippen LogP contribution < -0.4 is 19.7 Å². The molecule has 2 heterocycles. The second-order valence-electron chi connectivity index (χ2n) is 7.46. The van der Waals surface area contributed by atoms with Gasteiger partial charge >= 0.3 is 0 Å². The number of amides is 2. The van der Waals surface area contributed by atoms with Crippen molar-refractivity contribution in [2.45, 2.75) is 25.8 Å². The van der Waals surface area contributed by atoms with Crippen molar-refractivity contribution in [2.75, 3.05) is 25.7 Å². The Morgan fingerprint density at radius 1 is 1.10 bits per heavy atom. The van der Waals surface area contributed by atoms with Gasteiger partial charge in [0.15, 0.2) is 0 Å². The Morgan fingerprint density at radius 3 is 2.53 bits per heavy atom. The van der Waals surface area contributed by atoms with Crippen LogP contribution in [-0.4, -0.2) is 43.6 Å². The van der Waals surface area contributed by atoms with Crippen LogP contribution in [0.2, 0.25) is 0 Å². The van der Waals surface area contributed by atoms with Crippen molar-refractivity contribution in [2.24, 2.45) is 0 Å². The van der Waals surface area contributed by atoms with Gasteiger partial charge in [0.25, 0.3) is 5.91 Å². The van der Waals surface area contributed by atoms with Crippen LogP contribution in [0.3, 0.4) is 0 Å². The van der Waals surface area contributed by atoms with Crippen LogP contribution in [0.15, 0.2) is 42.6 Å². The minimum absolute atomic E-state index is 0.130. The van der Waals surface area contributed by atoms with E-state index in [4.69, 9.17) is 9.47 Å². The number of aromatic amines is 1. The van der Waals surface area contributed by atoms with Crippen LogP contribution in [0.1, 0.15) is 17.5 Å². The number of nitrogens with one attached hydrogen (secondary N) is 2. The predicted octanol–water partition coefficient (Wildman–Crippen LogP) is 2.96. The molecule has 1 aliphatic rings. The second-order valence-corrected chi connectivity index (χ2v) is 7.46. The number of nitrogens with zero attached hydrogens (tertiary/aromatic N) is 1. The smallest absolute Gasteiger partial charge is 0.251 e. The molecule has 4 rings (SSSR count). The molecule has 0 bridgehead atoms. The zero-order chi connectivity index (χ0) is 21.3. The van der Waals surface area contributed by atoms with Gasteiger partial charge in [0.05, 0.1) is 32.4 Å². The Balaban J connectivity index is 1.45. The molecule has 0 spiro atoms. The molecular formula is C23H25N3O4. The van der Waals surface area contributed by atoms with Crippen molar-refractivity contribution in [1.29, 1.82) is 0 Å². The fraction of sp³-hybridized carbons (Fsp3) is 0.304. The second kappa shape index (κ2) is 8.20. The molecule has 0 saturated carbocycles. The van der Waals surface area contributed by atoms with E-state index in [9.17, 15) is 9.59 Å². The summed E-state index contributed by atoms with van der Waals surface area (Å²) in [5.74, 6) is 0.549. The van der Waals surface area contributed by atoms with Gasteiger partial charge in [-0.2, -0.15) is 0 Å². The number of aromatic nitrogens is 1. The first kappa shape index (κ1) is 20.0. The normalized spacial score (nSPS) is 16.5. The molecule has 7 heteroatoms. The highest BCUT2D eigenvalue weighted by atomic mass is 16.5. The Labute approximate surface area is 175 Å². The molecule has 2 N–H and O–H groups in total. The number of benzene rings is 2. The number of rotatable bonds is 7. The maximum Gasteiger partial charge on any atom is 0.251 e. The molecule has 1 atom stereocenters. The zero-order valence-corrected chi connectivity index (χ0v) is 17.3. The lowest BCUT2D eigenvalue weighted by Gasteiger charge is -2.17. The molecule has 1 aromatic heterocycles. The maximum absolute atomic E-state index is 12.9. The number of hydrogen-bond acceptors (Lipinski definition) is 5. The van der Waals surface area contributed by atoms with Crippen LogP contribution >= 0.6 is 0 Å². The molecule has 1 unspecified atom stereocenters. The molecule has 2 amide bonds. The first-order valence-electron chi connectivity index (χ1n) is 9.90. The van der Waals surface area contributed by atoms with Crippen molar-refractivity contribution in [3.8, 4) is 11.5 Å². The number of methoxy groups -OCH3 is 2. The number of ether oxygens (including phenoxy) is 2. The molecule has 1 aliphatic heterocycles. The fourth-order valence-corrected chi connectivity index (χ4v) is 3.86. The molecule has 30 heavy (non-hydrogen) atoms. The average Bonchev–Trinajstić information content (AvgIpc) is 3.27. The molecule has 1 fully saturated rings. The first-order chi connectivity index (χ1) is 14.5. The van der Waals surface area contributed by atoms with Gasteiger partial charge in [-0.25, -0.2) is 4.90 Å². The third-order valence-corrected chi connectivity index (χ3v) is 5.45. The highest BCUT2D eigenvalue weighted by molar-refractivity contribution is 6.22. The fourth-order valence-electron chi connectivity index (χ4n) is 3.86. The van der Waals surface area contributed by atoms with Gasteiger partial charge in [-0.05, 0) is 31.0 Å². The van der Waals surface area contributed by atoms with Crippen molar-refractivity contribution < 1.29 is 19.1 Å². The van der Waals surface area contributed by atoms with Gasteiger partial charge in [-0.15, -0.1) is 0 Å². The molecule has 7 nitrogen and oxygen atoms in total. The van der Waals surface area contributed by atoms with Crippen LogP contribution in [0.4, 0.5) is 5.69 Å². The van der Waals surface area contributed by atoms with E-state index in [2.05, 4.69) is 35.4 Å². The van der Waals surface area contributed by atoms with E-state index in [0.717, 1.165) is 11.9 Å². The SMILES string of the molecule is COc1cc(OC)cc(N2C(=O)CC(NCCc3c[nH]c4ccc(C)cc34)C2=O)c1. The molecule has 0 radical (unpaired) electrons. The van der Waals surface area contributed by atoms with E-state index in [-0.39, 0.29) is 18.2 Å². The number of carbonyl (C=O) groups is 2. The Bertz CT molecular complexity index is 1080. The monoisotopic (exact) mass is 407 g/mol. The molecule has 3 aromatic rings.